The zero-order valence-corrected chi connectivity index (χ0v) is 19.5. The van der Waals surface area contributed by atoms with E-state index < -0.39 is 0 Å². The second kappa shape index (κ2) is 12.6. The molecule has 25 heavy (non-hydrogen) atoms. The van der Waals surface area contributed by atoms with Crippen LogP contribution in [0, 0.1) is 0 Å². The second-order valence-corrected chi connectivity index (χ2v) is 7.53. The van der Waals surface area contributed by atoms with Crippen LogP contribution >= 0.6 is 56.7 Å². The number of phenolic OH excluding ortho intramolecular Hbond substituents is 1. The smallest absolute Gasteiger partial charge is 0.173 e. The fraction of sp³-hybridized carbons (Fsp3) is 0.647. The number of ether oxygens (including phenoxy) is 1. The average Bonchev–Trinajstić information content (AvgIpc) is 2.58. The van der Waals surface area contributed by atoms with E-state index in [4.69, 9.17) is 4.74 Å². The molecule has 0 amide bonds. The van der Waals surface area contributed by atoms with E-state index >= 15 is 0 Å². The first-order valence-corrected chi connectivity index (χ1v) is 9.88. The lowest BCUT2D eigenvalue weighted by Gasteiger charge is -2.36. The fourth-order valence-corrected chi connectivity index (χ4v) is 4.12. The Morgan fingerprint density at radius 3 is 2.40 bits per heavy atom. The molecule has 1 fully saturated rings. The molecular weight excluding hydrogens is 495 g/mol. The number of hydrogen-bond acceptors (Lipinski definition) is 4. The maximum atomic E-state index is 10.2. The zero-order valence-electron chi connectivity index (χ0n) is 14.7. The van der Waals surface area contributed by atoms with Crippen LogP contribution in [0.15, 0.2) is 15.0 Å². The summed E-state index contributed by atoms with van der Waals surface area (Å²) in [6.45, 7) is 6.38. The van der Waals surface area contributed by atoms with Crippen molar-refractivity contribution >= 4 is 56.7 Å². The number of unbranched alkanes of at least 4 members (excludes halogenated alkanes) is 2. The van der Waals surface area contributed by atoms with E-state index in [1.54, 1.807) is 7.11 Å². The van der Waals surface area contributed by atoms with Gasteiger partial charge in [0.05, 0.1) is 11.6 Å². The number of rotatable bonds is 7. The second-order valence-electron chi connectivity index (χ2n) is 5.94. The standard InChI is InChI=1S/C17H26Br2N2O2.2ClH/c1-3-4-5-6-13(21-9-7-20-8-10-21)12-11-14(23-2)17(22)16(19)15(12)18;;/h11,13,20,22H,3-10H2,1-2H3;2*1H/t13-;;/m1../s1. The highest BCUT2D eigenvalue weighted by molar-refractivity contribution is 9.13. The molecule has 2 N–H and O–H groups in total. The molecule has 0 unspecified atom stereocenters. The van der Waals surface area contributed by atoms with Gasteiger partial charge >= 0.3 is 0 Å². The number of methoxy groups -OCH3 is 1. The molecule has 0 radical (unpaired) electrons. The Morgan fingerprint density at radius 1 is 1.20 bits per heavy atom. The monoisotopic (exact) mass is 520 g/mol. The molecule has 0 spiro atoms. The summed E-state index contributed by atoms with van der Waals surface area (Å²) in [5.74, 6) is 0.668. The fourth-order valence-electron chi connectivity index (χ4n) is 3.13. The molecule has 0 bridgehead atoms. The van der Waals surface area contributed by atoms with E-state index in [0.29, 0.717) is 16.3 Å². The van der Waals surface area contributed by atoms with E-state index in [1.165, 1.54) is 24.8 Å². The highest BCUT2D eigenvalue weighted by Gasteiger charge is 2.26. The predicted molar refractivity (Wildman–Crippen MR) is 116 cm³/mol. The van der Waals surface area contributed by atoms with Crippen LogP contribution in [0.25, 0.3) is 0 Å². The van der Waals surface area contributed by atoms with Gasteiger partial charge in [0.25, 0.3) is 0 Å². The van der Waals surface area contributed by atoms with Crippen molar-refractivity contribution < 1.29 is 9.84 Å². The van der Waals surface area contributed by atoms with Crippen molar-refractivity contribution in [1.29, 1.82) is 0 Å². The number of benzene rings is 1. The predicted octanol–water partition coefficient (Wildman–Crippen LogP) is 5.30. The van der Waals surface area contributed by atoms with Crippen molar-refractivity contribution in [3.8, 4) is 11.5 Å². The van der Waals surface area contributed by atoms with Gasteiger partial charge in [-0.2, -0.15) is 0 Å². The van der Waals surface area contributed by atoms with Gasteiger partial charge in [-0.05, 0) is 49.9 Å². The maximum Gasteiger partial charge on any atom is 0.173 e. The minimum atomic E-state index is 0. The minimum Gasteiger partial charge on any atom is -0.503 e. The summed E-state index contributed by atoms with van der Waals surface area (Å²) in [5, 5.41) is 13.6. The van der Waals surface area contributed by atoms with Crippen molar-refractivity contribution in [2.45, 2.75) is 38.6 Å². The normalized spacial score (nSPS) is 15.8. The number of phenols is 1. The van der Waals surface area contributed by atoms with Gasteiger partial charge < -0.3 is 15.2 Å². The third-order valence-electron chi connectivity index (χ3n) is 4.43. The molecule has 0 saturated carbocycles. The molecule has 1 atom stereocenters. The van der Waals surface area contributed by atoms with Crippen LogP contribution in [0.2, 0.25) is 0 Å². The van der Waals surface area contributed by atoms with Crippen molar-refractivity contribution in [3.63, 3.8) is 0 Å². The highest BCUT2D eigenvalue weighted by Crippen LogP contribution is 2.45. The quantitative estimate of drug-likeness (QED) is 0.477. The van der Waals surface area contributed by atoms with Crippen molar-refractivity contribution in [1.82, 2.24) is 10.2 Å². The van der Waals surface area contributed by atoms with Crippen molar-refractivity contribution in [2.75, 3.05) is 33.3 Å². The molecule has 1 aromatic rings. The van der Waals surface area contributed by atoms with Crippen LogP contribution in [-0.2, 0) is 0 Å². The molecule has 1 saturated heterocycles. The molecule has 1 heterocycles. The number of aromatic hydroxyl groups is 1. The SMILES string of the molecule is CCCCC[C@H](c1cc(OC)c(O)c(Br)c1Br)N1CCNCC1.Cl.Cl. The Hall–Kier alpha value is 0.280. The van der Waals surface area contributed by atoms with Crippen LogP contribution in [0.5, 0.6) is 11.5 Å². The van der Waals surface area contributed by atoms with Gasteiger partial charge in [-0.3, -0.25) is 4.90 Å². The van der Waals surface area contributed by atoms with Gasteiger partial charge in [-0.15, -0.1) is 24.8 Å². The van der Waals surface area contributed by atoms with Crippen LogP contribution < -0.4 is 10.1 Å². The number of hydrogen-bond donors (Lipinski definition) is 2. The van der Waals surface area contributed by atoms with Crippen molar-refractivity contribution in [3.05, 3.63) is 20.6 Å². The Labute approximate surface area is 180 Å². The van der Waals surface area contributed by atoms with E-state index in [2.05, 4.69) is 49.0 Å². The minimum absolute atomic E-state index is 0. The maximum absolute atomic E-state index is 10.2. The zero-order chi connectivity index (χ0) is 16.8. The average molecular weight is 523 g/mol. The Bertz CT molecular complexity index is 530. The molecule has 8 heteroatoms. The third-order valence-corrected chi connectivity index (χ3v) is 6.58. The first kappa shape index (κ1) is 25.3. The number of piperazine rings is 1. The summed E-state index contributed by atoms with van der Waals surface area (Å²) in [6.07, 6.45) is 4.79. The lowest BCUT2D eigenvalue weighted by molar-refractivity contribution is 0.162. The Kier molecular flexibility index (Phi) is 12.8. The molecule has 1 aliphatic rings. The van der Waals surface area contributed by atoms with E-state index in [1.807, 2.05) is 6.07 Å². The molecular formula is C17H28Br2Cl2N2O2. The van der Waals surface area contributed by atoms with Crippen LogP contribution in [0.3, 0.4) is 0 Å². The number of halogens is 4. The van der Waals surface area contributed by atoms with Gasteiger partial charge in [0, 0.05) is 36.7 Å². The highest BCUT2D eigenvalue weighted by atomic mass is 79.9. The number of nitrogens with one attached hydrogen (secondary N) is 1. The molecule has 0 aromatic heterocycles. The van der Waals surface area contributed by atoms with E-state index in [0.717, 1.165) is 37.1 Å². The van der Waals surface area contributed by atoms with Gasteiger partial charge in [0.15, 0.2) is 11.5 Å². The summed E-state index contributed by atoms with van der Waals surface area (Å²) in [5.41, 5.74) is 1.18. The van der Waals surface area contributed by atoms with Crippen LogP contribution in [-0.4, -0.2) is 43.3 Å². The molecule has 146 valence electrons. The van der Waals surface area contributed by atoms with Gasteiger partial charge in [0.2, 0.25) is 0 Å². The molecule has 2 rings (SSSR count). The largest absolute Gasteiger partial charge is 0.503 e. The summed E-state index contributed by atoms with van der Waals surface area (Å²) in [4.78, 5) is 2.54. The van der Waals surface area contributed by atoms with Gasteiger partial charge in [0.1, 0.15) is 0 Å². The molecule has 0 aliphatic carbocycles. The van der Waals surface area contributed by atoms with E-state index in [-0.39, 0.29) is 30.6 Å². The molecule has 1 aliphatic heterocycles. The Morgan fingerprint density at radius 2 is 1.84 bits per heavy atom. The first-order chi connectivity index (χ1) is 11.1. The summed E-state index contributed by atoms with van der Waals surface area (Å²) < 4.78 is 6.95. The van der Waals surface area contributed by atoms with Gasteiger partial charge in [-0.1, -0.05) is 26.2 Å². The van der Waals surface area contributed by atoms with Crippen LogP contribution in [0.4, 0.5) is 0 Å². The first-order valence-electron chi connectivity index (χ1n) is 8.29. The lowest BCUT2D eigenvalue weighted by Crippen LogP contribution is -2.45. The summed E-state index contributed by atoms with van der Waals surface area (Å²) >= 11 is 7.15. The lowest BCUT2D eigenvalue weighted by atomic mass is 9.97. The molecule has 1 aromatic carbocycles. The summed E-state index contributed by atoms with van der Waals surface area (Å²) in [7, 11) is 1.59. The summed E-state index contributed by atoms with van der Waals surface area (Å²) in [6, 6.07) is 2.31. The molecule has 4 nitrogen and oxygen atoms in total. The van der Waals surface area contributed by atoms with Crippen molar-refractivity contribution in [2.24, 2.45) is 0 Å². The van der Waals surface area contributed by atoms with Crippen LogP contribution in [0.1, 0.15) is 44.2 Å². The third kappa shape index (κ3) is 6.43. The topological polar surface area (TPSA) is 44.7 Å². The van der Waals surface area contributed by atoms with Gasteiger partial charge in [-0.25, -0.2) is 0 Å². The Balaban J connectivity index is 0.00000288. The van der Waals surface area contributed by atoms with E-state index in [9.17, 15) is 5.11 Å². The number of nitrogens with zero attached hydrogens (tertiary/aromatic N) is 1.